The fraction of sp³-hybridized carbons (Fsp3) is 0.278. The molecule has 0 radical (unpaired) electrons. The van der Waals surface area contributed by atoms with E-state index in [-0.39, 0.29) is 12.6 Å². The predicted molar refractivity (Wildman–Crippen MR) is 94.9 cm³/mol. The highest BCUT2D eigenvalue weighted by Crippen LogP contribution is 2.22. The largest absolute Gasteiger partial charge is 0.467 e. The summed E-state index contributed by atoms with van der Waals surface area (Å²) in [6.45, 7) is 5.82. The van der Waals surface area contributed by atoms with Gasteiger partial charge in [0.1, 0.15) is 11.8 Å². The molecule has 0 fully saturated rings. The van der Waals surface area contributed by atoms with Crippen molar-refractivity contribution < 1.29 is 12.8 Å². The van der Waals surface area contributed by atoms with Crippen LogP contribution >= 0.6 is 0 Å². The van der Waals surface area contributed by atoms with Crippen LogP contribution in [0.15, 0.2) is 58.3 Å². The average molecular weight is 359 g/mol. The van der Waals surface area contributed by atoms with E-state index in [2.05, 4.69) is 9.82 Å². The Kier molecular flexibility index (Phi) is 4.78. The van der Waals surface area contributed by atoms with Crippen LogP contribution in [0.3, 0.4) is 0 Å². The summed E-state index contributed by atoms with van der Waals surface area (Å²) < 4.78 is 35.4. The molecule has 0 saturated carbocycles. The molecule has 7 heteroatoms. The second-order valence-electron chi connectivity index (χ2n) is 6.07. The van der Waals surface area contributed by atoms with E-state index in [1.807, 2.05) is 26.0 Å². The van der Waals surface area contributed by atoms with Crippen LogP contribution in [0.4, 0.5) is 0 Å². The van der Waals surface area contributed by atoms with Crippen molar-refractivity contribution in [1.82, 2.24) is 14.5 Å². The van der Waals surface area contributed by atoms with Gasteiger partial charge in [-0.05, 0) is 61.7 Å². The second kappa shape index (κ2) is 6.85. The summed E-state index contributed by atoms with van der Waals surface area (Å²) in [5.41, 5.74) is 2.74. The minimum absolute atomic E-state index is 0.143. The van der Waals surface area contributed by atoms with E-state index >= 15 is 0 Å². The maximum atomic E-state index is 12.8. The number of hydrogen-bond acceptors (Lipinski definition) is 4. The quantitative estimate of drug-likeness (QED) is 0.734. The van der Waals surface area contributed by atoms with Crippen molar-refractivity contribution in [2.75, 3.05) is 6.54 Å². The molecule has 1 atom stereocenters. The van der Waals surface area contributed by atoms with Gasteiger partial charge in [-0.3, -0.25) is 4.68 Å². The zero-order valence-corrected chi connectivity index (χ0v) is 15.2. The average Bonchev–Trinajstić information content (AvgIpc) is 3.24. The topological polar surface area (TPSA) is 77.1 Å². The van der Waals surface area contributed by atoms with E-state index in [0.717, 1.165) is 16.7 Å². The molecule has 3 aromatic rings. The van der Waals surface area contributed by atoms with Crippen LogP contribution in [0, 0.1) is 20.8 Å². The lowest BCUT2D eigenvalue weighted by Gasteiger charge is -2.17. The van der Waals surface area contributed by atoms with E-state index in [9.17, 15) is 8.42 Å². The van der Waals surface area contributed by atoms with Gasteiger partial charge in [0.25, 0.3) is 0 Å². The third-order valence-corrected chi connectivity index (χ3v) is 5.83. The number of nitrogens with zero attached hydrogens (tertiary/aromatic N) is 2. The summed E-state index contributed by atoms with van der Waals surface area (Å²) in [7, 11) is -3.64. The van der Waals surface area contributed by atoms with E-state index in [1.54, 1.807) is 48.5 Å². The highest BCUT2D eigenvalue weighted by Gasteiger charge is 2.23. The molecule has 0 saturated heterocycles. The van der Waals surface area contributed by atoms with Gasteiger partial charge in [0.15, 0.2) is 0 Å². The number of sulfonamides is 1. The van der Waals surface area contributed by atoms with Crippen molar-refractivity contribution in [3.8, 4) is 0 Å². The zero-order valence-electron chi connectivity index (χ0n) is 14.4. The molecule has 0 aliphatic carbocycles. The first kappa shape index (κ1) is 17.4. The summed E-state index contributed by atoms with van der Waals surface area (Å²) in [5.74, 6) is 0.642. The number of aryl methyl sites for hydroxylation is 3. The molecule has 6 nitrogen and oxygen atoms in total. The number of hydrogen-bond donors (Lipinski definition) is 1. The van der Waals surface area contributed by atoms with E-state index in [4.69, 9.17) is 4.42 Å². The Bertz CT molecular complexity index is 912. The molecule has 3 rings (SSSR count). The van der Waals surface area contributed by atoms with E-state index in [0.29, 0.717) is 10.7 Å². The Morgan fingerprint density at radius 1 is 1.16 bits per heavy atom. The third-order valence-electron chi connectivity index (χ3n) is 4.26. The van der Waals surface area contributed by atoms with Gasteiger partial charge in [0.2, 0.25) is 10.0 Å². The molecule has 2 aromatic heterocycles. The van der Waals surface area contributed by atoms with Crippen molar-refractivity contribution in [2.45, 2.75) is 31.7 Å². The minimum Gasteiger partial charge on any atom is -0.467 e. The molecule has 25 heavy (non-hydrogen) atoms. The van der Waals surface area contributed by atoms with Crippen LogP contribution in [0.25, 0.3) is 0 Å². The Morgan fingerprint density at radius 2 is 1.92 bits per heavy atom. The summed E-state index contributed by atoms with van der Waals surface area (Å²) >= 11 is 0. The summed E-state index contributed by atoms with van der Waals surface area (Å²) in [6.07, 6.45) is 4.99. The van der Waals surface area contributed by atoms with Gasteiger partial charge in [0, 0.05) is 18.9 Å². The molecule has 0 spiro atoms. The van der Waals surface area contributed by atoms with Gasteiger partial charge >= 0.3 is 0 Å². The Labute approximate surface area is 147 Å². The first-order valence-electron chi connectivity index (χ1n) is 7.98. The van der Waals surface area contributed by atoms with Crippen molar-refractivity contribution in [1.29, 1.82) is 0 Å². The fourth-order valence-electron chi connectivity index (χ4n) is 2.76. The van der Waals surface area contributed by atoms with Gasteiger partial charge in [-0.2, -0.15) is 5.10 Å². The molecule has 1 aromatic carbocycles. The van der Waals surface area contributed by atoms with Gasteiger partial charge in [-0.25, -0.2) is 13.1 Å². The first-order valence-corrected chi connectivity index (χ1v) is 9.47. The Morgan fingerprint density at radius 3 is 2.56 bits per heavy atom. The van der Waals surface area contributed by atoms with Crippen LogP contribution in [-0.4, -0.2) is 24.7 Å². The normalized spacial score (nSPS) is 13.1. The molecule has 0 amide bonds. The Hall–Kier alpha value is -2.38. The summed E-state index contributed by atoms with van der Waals surface area (Å²) in [5, 5.41) is 4.21. The van der Waals surface area contributed by atoms with Crippen LogP contribution < -0.4 is 4.72 Å². The number of nitrogens with one attached hydrogen (secondary N) is 1. The molecule has 132 valence electrons. The van der Waals surface area contributed by atoms with Crippen molar-refractivity contribution in [3.05, 3.63) is 71.4 Å². The standard InChI is InChI=1S/C18H21N3O3S/c1-13-10-15(3)18(11-14(13)2)25(22,23)20-12-16(17-6-4-9-24-17)21-8-5-7-19-21/h4-11,16,20H,12H2,1-3H3. The van der Waals surface area contributed by atoms with Crippen LogP contribution in [-0.2, 0) is 10.0 Å². The highest BCUT2D eigenvalue weighted by molar-refractivity contribution is 7.89. The molecule has 2 heterocycles. The van der Waals surface area contributed by atoms with Crippen molar-refractivity contribution in [3.63, 3.8) is 0 Å². The minimum atomic E-state index is -3.64. The summed E-state index contributed by atoms with van der Waals surface area (Å²) in [6, 6.07) is 8.62. The molecule has 0 aliphatic rings. The molecule has 1 N–H and O–H groups in total. The van der Waals surface area contributed by atoms with Crippen LogP contribution in [0.2, 0.25) is 0 Å². The number of furan rings is 1. The fourth-order valence-corrected chi connectivity index (χ4v) is 4.11. The number of rotatable bonds is 6. The second-order valence-corrected chi connectivity index (χ2v) is 7.81. The van der Waals surface area contributed by atoms with Gasteiger partial charge in [0.05, 0.1) is 11.2 Å². The maximum Gasteiger partial charge on any atom is 0.240 e. The molecule has 0 bridgehead atoms. The number of aromatic nitrogens is 2. The zero-order chi connectivity index (χ0) is 18.0. The van der Waals surface area contributed by atoms with E-state index < -0.39 is 10.0 Å². The smallest absolute Gasteiger partial charge is 0.240 e. The van der Waals surface area contributed by atoms with Crippen LogP contribution in [0.5, 0.6) is 0 Å². The monoisotopic (exact) mass is 359 g/mol. The Balaban J connectivity index is 1.87. The lowest BCUT2D eigenvalue weighted by Crippen LogP contribution is -2.32. The van der Waals surface area contributed by atoms with Crippen LogP contribution in [0.1, 0.15) is 28.5 Å². The summed E-state index contributed by atoms with van der Waals surface area (Å²) in [4.78, 5) is 0.300. The SMILES string of the molecule is Cc1cc(C)c(S(=O)(=O)NCC(c2ccco2)n2cccn2)cc1C. The highest BCUT2D eigenvalue weighted by atomic mass is 32.2. The lowest BCUT2D eigenvalue weighted by atomic mass is 10.1. The van der Waals surface area contributed by atoms with Gasteiger partial charge in [-0.15, -0.1) is 0 Å². The van der Waals surface area contributed by atoms with E-state index in [1.165, 1.54) is 0 Å². The predicted octanol–water partition coefficient (Wildman–Crippen LogP) is 2.97. The van der Waals surface area contributed by atoms with Crippen molar-refractivity contribution >= 4 is 10.0 Å². The molecule has 1 unspecified atom stereocenters. The first-order chi connectivity index (χ1) is 11.9. The third kappa shape index (κ3) is 3.67. The maximum absolute atomic E-state index is 12.8. The number of benzene rings is 1. The van der Waals surface area contributed by atoms with Gasteiger partial charge in [-0.1, -0.05) is 6.07 Å². The van der Waals surface area contributed by atoms with Gasteiger partial charge < -0.3 is 4.42 Å². The lowest BCUT2D eigenvalue weighted by molar-refractivity contribution is 0.402. The molecular weight excluding hydrogens is 338 g/mol. The molecule has 0 aliphatic heterocycles. The van der Waals surface area contributed by atoms with Crippen molar-refractivity contribution in [2.24, 2.45) is 0 Å². The molecular formula is C18H21N3O3S.